The zero-order valence-electron chi connectivity index (χ0n) is 12.6. The van der Waals surface area contributed by atoms with Gasteiger partial charge in [0.25, 0.3) is 0 Å². The minimum absolute atomic E-state index is 0.0844. The summed E-state index contributed by atoms with van der Waals surface area (Å²) in [7, 11) is 1.36. The van der Waals surface area contributed by atoms with Crippen molar-refractivity contribution < 1.29 is 14.3 Å². The van der Waals surface area contributed by atoms with Crippen molar-refractivity contribution in [1.29, 1.82) is 0 Å². The molecule has 6 heteroatoms. The number of anilines is 1. The molecule has 21 heavy (non-hydrogen) atoms. The van der Waals surface area contributed by atoms with Crippen molar-refractivity contribution in [3.63, 3.8) is 0 Å². The van der Waals surface area contributed by atoms with Gasteiger partial charge in [0.1, 0.15) is 0 Å². The topological polar surface area (TPSA) is 84.7 Å². The lowest BCUT2D eigenvalue weighted by atomic mass is 10.2. The Morgan fingerprint density at radius 2 is 1.95 bits per heavy atom. The first kappa shape index (κ1) is 17.1. The highest BCUT2D eigenvalue weighted by molar-refractivity contribution is 5.90. The molecule has 0 radical (unpaired) electrons. The molecular formula is C15H23N3O3. The van der Waals surface area contributed by atoms with Crippen LogP contribution in [0.1, 0.15) is 18.9 Å². The number of hydrogen-bond donors (Lipinski definition) is 2. The van der Waals surface area contributed by atoms with Crippen LogP contribution in [-0.2, 0) is 20.9 Å². The maximum Gasteiger partial charge on any atom is 0.319 e. The van der Waals surface area contributed by atoms with Crippen LogP contribution < -0.4 is 11.1 Å². The first-order valence-electron chi connectivity index (χ1n) is 6.97. The summed E-state index contributed by atoms with van der Waals surface area (Å²) in [6, 6.07) is 7.41. The number of rotatable bonds is 8. The van der Waals surface area contributed by atoms with E-state index in [0.717, 1.165) is 11.3 Å². The summed E-state index contributed by atoms with van der Waals surface area (Å²) in [5.74, 6) is -0.381. The second kappa shape index (κ2) is 9.10. The zero-order chi connectivity index (χ0) is 15.7. The molecule has 0 unspecified atom stereocenters. The highest BCUT2D eigenvalue weighted by Gasteiger charge is 2.11. The predicted molar refractivity (Wildman–Crippen MR) is 81.7 cm³/mol. The van der Waals surface area contributed by atoms with E-state index in [1.807, 2.05) is 36.1 Å². The van der Waals surface area contributed by atoms with Crippen molar-refractivity contribution in [2.75, 3.05) is 32.1 Å². The third kappa shape index (κ3) is 6.37. The molecule has 0 aliphatic rings. The van der Waals surface area contributed by atoms with Crippen LogP contribution in [-0.4, -0.2) is 43.5 Å². The van der Waals surface area contributed by atoms with Crippen molar-refractivity contribution in [2.45, 2.75) is 19.9 Å². The summed E-state index contributed by atoms with van der Waals surface area (Å²) in [5.41, 5.74) is 7.28. The Balaban J connectivity index is 2.39. The van der Waals surface area contributed by atoms with Gasteiger partial charge in [0, 0.05) is 25.2 Å². The van der Waals surface area contributed by atoms with Crippen LogP contribution >= 0.6 is 0 Å². The SMILES string of the molecule is CCN(CCC(=O)Nc1ccc(CN)cc1)CC(=O)OC. The Morgan fingerprint density at radius 3 is 2.48 bits per heavy atom. The fraction of sp³-hybridized carbons (Fsp3) is 0.467. The summed E-state index contributed by atoms with van der Waals surface area (Å²) in [5, 5.41) is 2.82. The van der Waals surface area contributed by atoms with Gasteiger partial charge in [-0.15, -0.1) is 0 Å². The fourth-order valence-electron chi connectivity index (χ4n) is 1.80. The van der Waals surface area contributed by atoms with Crippen molar-refractivity contribution in [3.05, 3.63) is 29.8 Å². The lowest BCUT2D eigenvalue weighted by Gasteiger charge is -2.18. The number of nitrogens with two attached hydrogens (primary N) is 1. The van der Waals surface area contributed by atoms with E-state index in [0.29, 0.717) is 26.1 Å². The van der Waals surface area contributed by atoms with Gasteiger partial charge >= 0.3 is 5.97 Å². The molecule has 0 heterocycles. The predicted octanol–water partition coefficient (Wildman–Crippen LogP) is 0.969. The highest BCUT2D eigenvalue weighted by atomic mass is 16.5. The third-order valence-electron chi connectivity index (χ3n) is 3.16. The quantitative estimate of drug-likeness (QED) is 0.698. The zero-order valence-corrected chi connectivity index (χ0v) is 12.6. The van der Waals surface area contributed by atoms with Crippen LogP contribution in [0.3, 0.4) is 0 Å². The molecule has 0 atom stereocenters. The lowest BCUT2D eigenvalue weighted by molar-refractivity contribution is -0.142. The molecular weight excluding hydrogens is 270 g/mol. The van der Waals surface area contributed by atoms with Crippen LogP contribution in [0.5, 0.6) is 0 Å². The first-order valence-corrected chi connectivity index (χ1v) is 6.97. The van der Waals surface area contributed by atoms with Gasteiger partial charge in [-0.05, 0) is 24.2 Å². The lowest BCUT2D eigenvalue weighted by Crippen LogP contribution is -2.33. The monoisotopic (exact) mass is 293 g/mol. The third-order valence-corrected chi connectivity index (χ3v) is 3.16. The van der Waals surface area contributed by atoms with Crippen LogP contribution in [0.4, 0.5) is 5.69 Å². The Bertz CT molecular complexity index is 460. The molecule has 0 aliphatic carbocycles. The number of benzene rings is 1. The van der Waals surface area contributed by atoms with E-state index < -0.39 is 0 Å². The van der Waals surface area contributed by atoms with Crippen molar-refractivity contribution >= 4 is 17.6 Å². The molecule has 0 aliphatic heterocycles. The number of amides is 1. The Hall–Kier alpha value is -1.92. The first-order chi connectivity index (χ1) is 10.1. The van der Waals surface area contributed by atoms with Crippen LogP contribution in [0, 0.1) is 0 Å². The number of nitrogens with zero attached hydrogens (tertiary/aromatic N) is 1. The van der Waals surface area contributed by atoms with Gasteiger partial charge in [0.2, 0.25) is 5.91 Å². The molecule has 116 valence electrons. The second-order valence-corrected chi connectivity index (χ2v) is 4.64. The van der Waals surface area contributed by atoms with Crippen molar-refractivity contribution in [2.24, 2.45) is 5.73 Å². The summed E-state index contributed by atoms with van der Waals surface area (Å²) >= 11 is 0. The molecule has 0 aromatic heterocycles. The number of methoxy groups -OCH3 is 1. The Kier molecular flexibility index (Phi) is 7.42. The number of carbonyl (C=O) groups is 2. The molecule has 1 aromatic carbocycles. The molecule has 0 bridgehead atoms. The van der Waals surface area contributed by atoms with Gasteiger partial charge in [0.05, 0.1) is 13.7 Å². The number of ether oxygens (including phenoxy) is 1. The van der Waals surface area contributed by atoms with Gasteiger partial charge in [0.15, 0.2) is 0 Å². The normalized spacial score (nSPS) is 10.5. The van der Waals surface area contributed by atoms with E-state index in [4.69, 9.17) is 5.73 Å². The summed E-state index contributed by atoms with van der Waals surface area (Å²) < 4.78 is 4.62. The van der Waals surface area contributed by atoms with E-state index in [-0.39, 0.29) is 18.4 Å². The molecule has 6 nitrogen and oxygen atoms in total. The van der Waals surface area contributed by atoms with Gasteiger partial charge < -0.3 is 15.8 Å². The van der Waals surface area contributed by atoms with Crippen LogP contribution in [0.15, 0.2) is 24.3 Å². The minimum Gasteiger partial charge on any atom is -0.468 e. The average Bonchev–Trinajstić information content (AvgIpc) is 2.51. The minimum atomic E-state index is -0.297. The maximum atomic E-state index is 11.9. The molecule has 3 N–H and O–H groups in total. The second-order valence-electron chi connectivity index (χ2n) is 4.64. The van der Waals surface area contributed by atoms with Gasteiger partial charge in [-0.2, -0.15) is 0 Å². The Labute approximate surface area is 125 Å². The van der Waals surface area contributed by atoms with E-state index in [9.17, 15) is 9.59 Å². The molecule has 0 spiro atoms. The van der Waals surface area contributed by atoms with Gasteiger partial charge in [-0.25, -0.2) is 0 Å². The summed E-state index contributed by atoms with van der Waals surface area (Å²) in [6.07, 6.45) is 0.323. The van der Waals surface area contributed by atoms with Crippen LogP contribution in [0.2, 0.25) is 0 Å². The van der Waals surface area contributed by atoms with Gasteiger partial charge in [-0.3, -0.25) is 14.5 Å². The smallest absolute Gasteiger partial charge is 0.319 e. The van der Waals surface area contributed by atoms with Gasteiger partial charge in [-0.1, -0.05) is 19.1 Å². The largest absolute Gasteiger partial charge is 0.468 e. The van der Waals surface area contributed by atoms with Crippen molar-refractivity contribution in [3.8, 4) is 0 Å². The maximum absolute atomic E-state index is 11.9. The molecule has 1 amide bonds. The van der Waals surface area contributed by atoms with E-state index in [1.165, 1.54) is 7.11 Å². The van der Waals surface area contributed by atoms with E-state index >= 15 is 0 Å². The summed E-state index contributed by atoms with van der Waals surface area (Å²) in [4.78, 5) is 24.9. The number of nitrogens with one attached hydrogen (secondary N) is 1. The highest BCUT2D eigenvalue weighted by Crippen LogP contribution is 2.09. The average molecular weight is 293 g/mol. The van der Waals surface area contributed by atoms with Crippen LogP contribution in [0.25, 0.3) is 0 Å². The summed E-state index contributed by atoms with van der Waals surface area (Å²) in [6.45, 7) is 3.82. The number of esters is 1. The number of hydrogen-bond acceptors (Lipinski definition) is 5. The molecule has 0 saturated carbocycles. The molecule has 1 aromatic rings. The standard InChI is InChI=1S/C15H23N3O3/c1-3-18(11-15(20)21-2)9-8-14(19)17-13-6-4-12(10-16)5-7-13/h4-7H,3,8-11,16H2,1-2H3,(H,17,19). The fourth-order valence-corrected chi connectivity index (χ4v) is 1.80. The molecule has 1 rings (SSSR count). The molecule has 0 saturated heterocycles. The number of carbonyl (C=O) groups excluding carboxylic acids is 2. The van der Waals surface area contributed by atoms with E-state index in [2.05, 4.69) is 10.1 Å². The Morgan fingerprint density at radius 1 is 1.29 bits per heavy atom. The number of likely N-dealkylation sites (N-methyl/N-ethyl adjacent to an activating group) is 1. The van der Waals surface area contributed by atoms with Crippen molar-refractivity contribution in [1.82, 2.24) is 4.90 Å². The van der Waals surface area contributed by atoms with E-state index in [1.54, 1.807) is 0 Å². The molecule has 0 fully saturated rings.